The van der Waals surface area contributed by atoms with Crippen LogP contribution in [0.4, 0.5) is 0 Å². The number of para-hydroxylation sites is 1. The number of thiophene rings is 1. The molecule has 2 rings (SSSR count). The molecule has 96 valence electrons. The first kappa shape index (κ1) is 13.6. The van der Waals surface area contributed by atoms with Gasteiger partial charge in [-0.05, 0) is 63.3 Å². The van der Waals surface area contributed by atoms with Crippen molar-refractivity contribution in [1.29, 1.82) is 0 Å². The zero-order chi connectivity index (χ0) is 13.0. The summed E-state index contributed by atoms with van der Waals surface area (Å²) in [5.74, 6) is 0.904. The Morgan fingerprint density at radius 3 is 2.89 bits per heavy atom. The highest BCUT2D eigenvalue weighted by Crippen LogP contribution is 2.30. The van der Waals surface area contributed by atoms with E-state index in [0.29, 0.717) is 6.61 Å². The normalized spacial score (nSPS) is 12.4. The maximum absolute atomic E-state index is 5.92. The molecule has 18 heavy (non-hydrogen) atoms. The lowest BCUT2D eigenvalue weighted by Crippen LogP contribution is -2.18. The molecule has 2 aromatic rings. The molecule has 2 nitrogen and oxygen atoms in total. The molecule has 0 aliphatic rings. The fourth-order valence-electron chi connectivity index (χ4n) is 1.75. The number of hydrogen-bond acceptors (Lipinski definition) is 3. The fourth-order valence-corrected chi connectivity index (χ4v) is 2.93. The minimum absolute atomic E-state index is 0.128. The Kier molecular flexibility index (Phi) is 4.80. The Morgan fingerprint density at radius 2 is 2.22 bits per heavy atom. The zero-order valence-corrected chi connectivity index (χ0v) is 12.6. The molecule has 0 saturated carbocycles. The number of benzene rings is 1. The lowest BCUT2D eigenvalue weighted by molar-refractivity contribution is 0.301. The van der Waals surface area contributed by atoms with Gasteiger partial charge in [0.05, 0.1) is 4.47 Å². The van der Waals surface area contributed by atoms with Crippen LogP contribution < -0.4 is 10.5 Å². The molecule has 1 heterocycles. The molecule has 0 fully saturated rings. The smallest absolute Gasteiger partial charge is 0.137 e. The lowest BCUT2D eigenvalue weighted by Gasteiger charge is -2.14. The number of nitrogens with two attached hydrogens (primary N) is 1. The fraction of sp³-hybridized carbons (Fsp3) is 0.286. The number of halogens is 1. The third-order valence-corrected chi connectivity index (χ3v) is 3.91. The van der Waals surface area contributed by atoms with Gasteiger partial charge in [-0.15, -0.1) is 0 Å². The van der Waals surface area contributed by atoms with E-state index in [0.717, 1.165) is 22.2 Å². The molecule has 0 amide bonds. The summed E-state index contributed by atoms with van der Waals surface area (Å²) in [6, 6.07) is 8.28. The second kappa shape index (κ2) is 6.36. The molecule has 0 aliphatic carbocycles. The van der Waals surface area contributed by atoms with Gasteiger partial charge in [0.1, 0.15) is 12.4 Å². The van der Waals surface area contributed by atoms with Crippen LogP contribution >= 0.6 is 27.3 Å². The SMILES string of the molecule is CC(N)Cc1cccc(Br)c1OCc1ccsc1. The molecule has 0 aliphatic heterocycles. The molecule has 0 saturated heterocycles. The Hall–Kier alpha value is -0.840. The van der Waals surface area contributed by atoms with Gasteiger partial charge in [-0.1, -0.05) is 12.1 Å². The van der Waals surface area contributed by atoms with Gasteiger partial charge in [0, 0.05) is 6.04 Å². The Morgan fingerprint density at radius 1 is 1.39 bits per heavy atom. The summed E-state index contributed by atoms with van der Waals surface area (Å²) >= 11 is 5.22. The van der Waals surface area contributed by atoms with Crippen molar-refractivity contribution in [3.63, 3.8) is 0 Å². The maximum atomic E-state index is 5.92. The molecular weight excluding hydrogens is 310 g/mol. The van der Waals surface area contributed by atoms with Crippen molar-refractivity contribution >= 4 is 27.3 Å². The zero-order valence-electron chi connectivity index (χ0n) is 10.2. The average Bonchev–Trinajstić information content (AvgIpc) is 2.80. The molecule has 4 heteroatoms. The molecule has 0 radical (unpaired) electrons. The summed E-state index contributed by atoms with van der Waals surface area (Å²) in [4.78, 5) is 0. The van der Waals surface area contributed by atoms with Crippen molar-refractivity contribution in [2.45, 2.75) is 26.0 Å². The van der Waals surface area contributed by atoms with E-state index in [1.54, 1.807) is 11.3 Å². The van der Waals surface area contributed by atoms with Gasteiger partial charge >= 0.3 is 0 Å². The van der Waals surface area contributed by atoms with Crippen LogP contribution in [0.2, 0.25) is 0 Å². The minimum atomic E-state index is 0.128. The van der Waals surface area contributed by atoms with Crippen LogP contribution in [0.15, 0.2) is 39.5 Å². The van der Waals surface area contributed by atoms with Crippen molar-refractivity contribution in [1.82, 2.24) is 0 Å². The van der Waals surface area contributed by atoms with Gasteiger partial charge in [0.25, 0.3) is 0 Å². The summed E-state index contributed by atoms with van der Waals surface area (Å²) in [6.07, 6.45) is 0.818. The Labute approximate surface area is 120 Å². The van der Waals surface area contributed by atoms with Crippen molar-refractivity contribution in [3.8, 4) is 5.75 Å². The largest absolute Gasteiger partial charge is 0.487 e. The standard InChI is InChI=1S/C14H16BrNOS/c1-10(16)7-12-3-2-4-13(15)14(12)17-8-11-5-6-18-9-11/h2-6,9-10H,7-8,16H2,1H3. The highest BCUT2D eigenvalue weighted by molar-refractivity contribution is 9.10. The molecule has 2 N–H and O–H groups in total. The topological polar surface area (TPSA) is 35.2 Å². The van der Waals surface area contributed by atoms with Gasteiger partial charge in [0.15, 0.2) is 0 Å². The van der Waals surface area contributed by atoms with Crippen molar-refractivity contribution in [2.75, 3.05) is 0 Å². The second-order valence-electron chi connectivity index (χ2n) is 4.33. The summed E-state index contributed by atoms with van der Waals surface area (Å²) in [5, 5.41) is 4.16. The van der Waals surface area contributed by atoms with Gasteiger partial charge in [-0.2, -0.15) is 11.3 Å². The third kappa shape index (κ3) is 3.57. The molecule has 1 aromatic heterocycles. The lowest BCUT2D eigenvalue weighted by atomic mass is 10.1. The summed E-state index contributed by atoms with van der Waals surface area (Å²) in [7, 11) is 0. The first-order valence-electron chi connectivity index (χ1n) is 5.83. The third-order valence-electron chi connectivity index (χ3n) is 2.55. The number of rotatable bonds is 5. The quantitative estimate of drug-likeness (QED) is 0.902. The molecule has 1 atom stereocenters. The monoisotopic (exact) mass is 325 g/mol. The van der Waals surface area contributed by atoms with E-state index >= 15 is 0 Å². The van der Waals surface area contributed by atoms with Gasteiger partial charge in [-0.25, -0.2) is 0 Å². The van der Waals surface area contributed by atoms with E-state index in [2.05, 4.69) is 38.8 Å². The molecule has 1 unspecified atom stereocenters. The Bertz CT molecular complexity index is 497. The second-order valence-corrected chi connectivity index (χ2v) is 5.96. The molecular formula is C14H16BrNOS. The first-order chi connectivity index (χ1) is 8.66. The van der Waals surface area contributed by atoms with Gasteiger partial charge < -0.3 is 10.5 Å². The maximum Gasteiger partial charge on any atom is 0.137 e. The first-order valence-corrected chi connectivity index (χ1v) is 7.57. The van der Waals surface area contributed by atoms with E-state index in [1.165, 1.54) is 5.56 Å². The van der Waals surface area contributed by atoms with E-state index in [1.807, 2.05) is 19.1 Å². The molecule has 0 bridgehead atoms. The van der Waals surface area contributed by atoms with Gasteiger partial charge in [-0.3, -0.25) is 0 Å². The van der Waals surface area contributed by atoms with Crippen LogP contribution in [0.5, 0.6) is 5.75 Å². The van der Waals surface area contributed by atoms with Crippen LogP contribution in [0.3, 0.4) is 0 Å². The molecule has 0 spiro atoms. The van der Waals surface area contributed by atoms with Crippen LogP contribution in [0, 0.1) is 0 Å². The summed E-state index contributed by atoms with van der Waals surface area (Å²) in [6.45, 7) is 2.60. The summed E-state index contributed by atoms with van der Waals surface area (Å²) < 4.78 is 6.90. The average molecular weight is 326 g/mol. The van der Waals surface area contributed by atoms with Crippen molar-refractivity contribution in [2.24, 2.45) is 5.73 Å². The number of hydrogen-bond donors (Lipinski definition) is 1. The highest BCUT2D eigenvalue weighted by Gasteiger charge is 2.10. The van der Waals surface area contributed by atoms with Crippen molar-refractivity contribution in [3.05, 3.63) is 50.6 Å². The van der Waals surface area contributed by atoms with E-state index < -0.39 is 0 Å². The number of ether oxygens (including phenoxy) is 1. The Balaban J connectivity index is 2.14. The minimum Gasteiger partial charge on any atom is -0.487 e. The van der Waals surface area contributed by atoms with Gasteiger partial charge in [0.2, 0.25) is 0 Å². The van der Waals surface area contributed by atoms with Crippen LogP contribution in [-0.4, -0.2) is 6.04 Å². The van der Waals surface area contributed by atoms with E-state index in [4.69, 9.17) is 10.5 Å². The predicted molar refractivity (Wildman–Crippen MR) is 80.1 cm³/mol. The molecule has 1 aromatic carbocycles. The highest BCUT2D eigenvalue weighted by atomic mass is 79.9. The van der Waals surface area contributed by atoms with E-state index in [-0.39, 0.29) is 6.04 Å². The predicted octanol–water partition coefficient (Wildman–Crippen LogP) is 3.98. The van der Waals surface area contributed by atoms with Crippen LogP contribution in [0.1, 0.15) is 18.1 Å². The van der Waals surface area contributed by atoms with E-state index in [9.17, 15) is 0 Å². The van der Waals surface area contributed by atoms with Crippen LogP contribution in [0.25, 0.3) is 0 Å². The van der Waals surface area contributed by atoms with Crippen LogP contribution in [-0.2, 0) is 13.0 Å². The summed E-state index contributed by atoms with van der Waals surface area (Å²) in [5.41, 5.74) is 8.21. The van der Waals surface area contributed by atoms with Crippen molar-refractivity contribution < 1.29 is 4.74 Å².